The molecule has 1 aromatic rings. The van der Waals surface area contributed by atoms with Gasteiger partial charge >= 0.3 is 0 Å². The predicted octanol–water partition coefficient (Wildman–Crippen LogP) is 4.99. The van der Waals surface area contributed by atoms with Gasteiger partial charge in [-0.1, -0.05) is 51.9 Å². The quantitative estimate of drug-likeness (QED) is 0.548. The Labute approximate surface area is 161 Å². The molecule has 1 N–H and O–H groups in total. The molecule has 0 radical (unpaired) electrons. The number of rotatable bonds is 11. The fraction of sp³-hybridized carbons (Fsp3) is 0.667. The van der Waals surface area contributed by atoms with Crippen molar-refractivity contribution in [1.82, 2.24) is 4.90 Å². The molecule has 1 aliphatic rings. The van der Waals surface area contributed by atoms with Crippen LogP contribution in [-0.4, -0.2) is 43.7 Å². The molecule has 0 saturated carbocycles. The van der Waals surface area contributed by atoms with Crippen LogP contribution in [0.5, 0.6) is 0 Å². The topological polar surface area (TPSA) is 41.6 Å². The van der Waals surface area contributed by atoms with Crippen molar-refractivity contribution < 1.29 is 18.3 Å². The maximum Gasteiger partial charge on any atom is 0.254 e. The third-order valence-corrected chi connectivity index (χ3v) is 4.92. The molecule has 2 rings (SSSR count). The molecular formula is C21H32F2N2O2. The lowest BCUT2D eigenvalue weighted by molar-refractivity contribution is 0.0302. The number of anilines is 1. The summed E-state index contributed by atoms with van der Waals surface area (Å²) in [7, 11) is 0. The normalized spacial score (nSPS) is 14.4. The molecule has 0 atom stereocenters. The van der Waals surface area contributed by atoms with Crippen LogP contribution in [0.4, 0.5) is 14.5 Å². The van der Waals surface area contributed by atoms with Gasteiger partial charge in [0, 0.05) is 25.2 Å². The minimum Gasteiger partial charge on any atom is -0.380 e. The number of morpholine rings is 1. The van der Waals surface area contributed by atoms with Crippen molar-refractivity contribution in [1.29, 1.82) is 0 Å². The van der Waals surface area contributed by atoms with Gasteiger partial charge in [-0.25, -0.2) is 8.78 Å². The third kappa shape index (κ3) is 7.09. The van der Waals surface area contributed by atoms with Gasteiger partial charge in [-0.2, -0.15) is 0 Å². The van der Waals surface area contributed by atoms with Gasteiger partial charge in [0.15, 0.2) is 0 Å². The molecule has 1 aromatic carbocycles. The first-order valence-electron chi connectivity index (χ1n) is 10.2. The lowest BCUT2D eigenvalue weighted by Gasteiger charge is -2.27. The summed E-state index contributed by atoms with van der Waals surface area (Å²) in [5, 5.41) is 2.84. The lowest BCUT2D eigenvalue weighted by Crippen LogP contribution is -2.40. The van der Waals surface area contributed by atoms with Gasteiger partial charge in [-0.15, -0.1) is 0 Å². The molecule has 6 heteroatoms. The summed E-state index contributed by atoms with van der Waals surface area (Å²) in [4.78, 5) is 13.9. The molecule has 1 saturated heterocycles. The highest BCUT2D eigenvalue weighted by molar-refractivity contribution is 5.94. The molecule has 0 bridgehead atoms. The zero-order valence-electron chi connectivity index (χ0n) is 16.4. The van der Waals surface area contributed by atoms with E-state index in [0.29, 0.717) is 32.8 Å². The number of carbonyl (C=O) groups is 1. The van der Waals surface area contributed by atoms with E-state index < -0.39 is 11.6 Å². The highest BCUT2D eigenvalue weighted by Crippen LogP contribution is 2.22. The summed E-state index contributed by atoms with van der Waals surface area (Å²) in [5.74, 6) is -1.79. The smallest absolute Gasteiger partial charge is 0.254 e. The Morgan fingerprint density at radius 1 is 1.00 bits per heavy atom. The van der Waals surface area contributed by atoms with Crippen molar-refractivity contribution in [3.8, 4) is 0 Å². The fourth-order valence-corrected chi connectivity index (χ4v) is 3.29. The largest absolute Gasteiger partial charge is 0.380 e. The Morgan fingerprint density at radius 3 is 2.15 bits per heavy atom. The number of unbranched alkanes of at least 4 members (excludes halogenated alkanes) is 7. The van der Waals surface area contributed by atoms with Crippen LogP contribution in [-0.2, 0) is 4.74 Å². The standard InChI is InChI=1S/C21H32F2N2O2/c1-2-3-4-5-6-7-8-9-10-24-20-18(22)15-17(16-19(20)23)21(26)25-11-13-27-14-12-25/h15-16,24H,2-14H2,1H3. The van der Waals surface area contributed by atoms with E-state index >= 15 is 0 Å². The highest BCUT2D eigenvalue weighted by atomic mass is 19.1. The number of carbonyl (C=O) groups excluding carboxylic acids is 1. The number of halogens is 2. The second-order valence-corrected chi connectivity index (χ2v) is 7.12. The van der Waals surface area contributed by atoms with Gasteiger partial charge in [0.2, 0.25) is 0 Å². The summed E-state index contributed by atoms with van der Waals surface area (Å²) in [5.41, 5.74) is -0.0963. The number of ether oxygens (including phenoxy) is 1. The number of hydrogen-bond donors (Lipinski definition) is 1. The molecule has 1 fully saturated rings. The van der Waals surface area contributed by atoms with Crippen molar-refractivity contribution in [2.24, 2.45) is 0 Å². The van der Waals surface area contributed by atoms with Crippen LogP contribution in [0.1, 0.15) is 68.6 Å². The Kier molecular flexibility index (Phi) is 9.53. The number of hydrogen-bond acceptors (Lipinski definition) is 3. The van der Waals surface area contributed by atoms with Crippen molar-refractivity contribution >= 4 is 11.6 Å². The van der Waals surface area contributed by atoms with Crippen molar-refractivity contribution in [3.05, 3.63) is 29.3 Å². The van der Waals surface area contributed by atoms with E-state index in [1.807, 2.05) is 0 Å². The predicted molar refractivity (Wildman–Crippen MR) is 104 cm³/mol. The molecule has 0 unspecified atom stereocenters. The molecule has 1 heterocycles. The van der Waals surface area contributed by atoms with E-state index in [-0.39, 0.29) is 17.2 Å². The summed E-state index contributed by atoms with van der Waals surface area (Å²) in [6.07, 6.45) is 9.41. The van der Waals surface area contributed by atoms with Crippen LogP contribution < -0.4 is 5.32 Å². The molecule has 1 aliphatic heterocycles. The van der Waals surface area contributed by atoms with Crippen LogP contribution in [0.25, 0.3) is 0 Å². The van der Waals surface area contributed by atoms with Gasteiger partial charge in [0.05, 0.1) is 13.2 Å². The van der Waals surface area contributed by atoms with Gasteiger partial charge in [0.25, 0.3) is 5.91 Å². The zero-order chi connectivity index (χ0) is 19.5. The van der Waals surface area contributed by atoms with Crippen LogP contribution in [0.15, 0.2) is 12.1 Å². The SMILES string of the molecule is CCCCCCCCCCNc1c(F)cc(C(=O)N2CCOCC2)cc1F. The van der Waals surface area contributed by atoms with Crippen LogP contribution in [0, 0.1) is 11.6 Å². The minimum atomic E-state index is -0.717. The number of nitrogens with one attached hydrogen (secondary N) is 1. The Balaban J connectivity index is 1.76. The Morgan fingerprint density at radius 2 is 1.56 bits per heavy atom. The lowest BCUT2D eigenvalue weighted by atomic mass is 10.1. The summed E-state index contributed by atoms with van der Waals surface area (Å²) in [6.45, 7) is 4.53. The maximum absolute atomic E-state index is 14.3. The average molecular weight is 382 g/mol. The first-order chi connectivity index (χ1) is 13.1. The monoisotopic (exact) mass is 382 g/mol. The minimum absolute atomic E-state index is 0.0459. The second kappa shape index (κ2) is 11.9. The molecule has 4 nitrogen and oxygen atoms in total. The summed E-state index contributed by atoms with van der Waals surface area (Å²) >= 11 is 0. The molecule has 152 valence electrons. The van der Waals surface area contributed by atoms with E-state index in [4.69, 9.17) is 4.74 Å². The number of benzene rings is 1. The van der Waals surface area contributed by atoms with Crippen molar-refractivity contribution in [2.45, 2.75) is 58.3 Å². The zero-order valence-corrected chi connectivity index (χ0v) is 16.4. The fourth-order valence-electron chi connectivity index (χ4n) is 3.29. The van der Waals surface area contributed by atoms with Crippen LogP contribution in [0.2, 0.25) is 0 Å². The number of nitrogens with zero attached hydrogens (tertiary/aromatic N) is 1. The van der Waals surface area contributed by atoms with Crippen molar-refractivity contribution in [2.75, 3.05) is 38.2 Å². The van der Waals surface area contributed by atoms with E-state index in [9.17, 15) is 13.6 Å². The molecule has 0 aliphatic carbocycles. The third-order valence-electron chi connectivity index (χ3n) is 4.92. The summed E-state index contributed by atoms with van der Waals surface area (Å²) in [6, 6.07) is 2.24. The van der Waals surface area contributed by atoms with Crippen LogP contribution in [0.3, 0.4) is 0 Å². The maximum atomic E-state index is 14.3. The van der Waals surface area contributed by atoms with Crippen molar-refractivity contribution in [3.63, 3.8) is 0 Å². The Bertz CT molecular complexity index is 567. The number of amides is 1. The average Bonchev–Trinajstić information content (AvgIpc) is 2.68. The van der Waals surface area contributed by atoms with Gasteiger partial charge < -0.3 is 15.0 Å². The van der Waals surface area contributed by atoms with E-state index in [2.05, 4.69) is 12.2 Å². The second-order valence-electron chi connectivity index (χ2n) is 7.12. The molecular weight excluding hydrogens is 350 g/mol. The first kappa shape index (κ1) is 21.6. The first-order valence-corrected chi connectivity index (χ1v) is 10.2. The van der Waals surface area contributed by atoms with E-state index in [1.54, 1.807) is 4.90 Å². The van der Waals surface area contributed by atoms with Gasteiger partial charge in [-0.3, -0.25) is 4.79 Å². The highest BCUT2D eigenvalue weighted by Gasteiger charge is 2.21. The van der Waals surface area contributed by atoms with Gasteiger partial charge in [0.1, 0.15) is 17.3 Å². The Hall–Kier alpha value is -1.69. The summed E-state index contributed by atoms with van der Waals surface area (Å²) < 4.78 is 33.8. The van der Waals surface area contributed by atoms with E-state index in [1.165, 1.54) is 32.1 Å². The van der Waals surface area contributed by atoms with Gasteiger partial charge in [-0.05, 0) is 18.6 Å². The molecule has 0 aromatic heterocycles. The van der Waals surface area contributed by atoms with Crippen LogP contribution >= 0.6 is 0 Å². The molecule has 27 heavy (non-hydrogen) atoms. The molecule has 1 amide bonds. The van der Waals surface area contributed by atoms with E-state index in [0.717, 1.165) is 31.4 Å². The molecule has 0 spiro atoms.